The molecule has 2 aromatic heterocycles. The van der Waals surface area contributed by atoms with Crippen molar-refractivity contribution in [2.24, 2.45) is 0 Å². The summed E-state index contributed by atoms with van der Waals surface area (Å²) in [5, 5.41) is 2.85. The summed E-state index contributed by atoms with van der Waals surface area (Å²) in [5.74, 6) is 0.748. The maximum absolute atomic E-state index is 12.9. The van der Waals surface area contributed by atoms with Crippen LogP contribution in [0.2, 0.25) is 0 Å². The topological polar surface area (TPSA) is 73.2 Å². The van der Waals surface area contributed by atoms with Gasteiger partial charge >= 0.3 is 0 Å². The molecule has 1 amide bonds. The first-order valence-corrected chi connectivity index (χ1v) is 12.7. The van der Waals surface area contributed by atoms with Crippen LogP contribution < -0.4 is 15.6 Å². The third-order valence-electron chi connectivity index (χ3n) is 4.81. The molecule has 7 heteroatoms. The number of carbonyl (C=O) groups is 1. The van der Waals surface area contributed by atoms with E-state index in [0.717, 1.165) is 11.1 Å². The molecular weight excluding hydrogens is 646 g/mol. The zero-order chi connectivity index (χ0) is 27.8. The van der Waals surface area contributed by atoms with Crippen LogP contribution in [0.4, 0.5) is 5.69 Å². The first kappa shape index (κ1) is 34.5. The summed E-state index contributed by atoms with van der Waals surface area (Å²) in [6, 6.07) is 20.7. The van der Waals surface area contributed by atoms with E-state index in [0.29, 0.717) is 22.9 Å². The molecule has 6 nitrogen and oxygen atoms in total. The Morgan fingerprint density at radius 3 is 2.16 bits per heavy atom. The summed E-state index contributed by atoms with van der Waals surface area (Å²) < 4.78 is 7.31. The van der Waals surface area contributed by atoms with Gasteiger partial charge in [-0.2, -0.15) is 12.1 Å². The largest absolute Gasteiger partial charge is 0.495 e. The van der Waals surface area contributed by atoms with Crippen LogP contribution in [0.5, 0.6) is 11.5 Å². The van der Waals surface area contributed by atoms with Gasteiger partial charge in [-0.15, -0.1) is 0 Å². The van der Waals surface area contributed by atoms with Gasteiger partial charge in [-0.3, -0.25) is 14.2 Å². The number of ether oxygens (including phenoxy) is 1. The fourth-order valence-electron chi connectivity index (χ4n) is 3.17. The summed E-state index contributed by atoms with van der Waals surface area (Å²) in [7, 11) is 0. The fraction of sp³-hybridized carbons (Fsp3) is 0.258. The van der Waals surface area contributed by atoms with Crippen LogP contribution in [-0.4, -0.2) is 15.5 Å². The van der Waals surface area contributed by atoms with Crippen LogP contribution in [-0.2, 0) is 21.1 Å². The van der Waals surface area contributed by atoms with Crippen LogP contribution in [0.1, 0.15) is 63.0 Å². The second kappa shape index (κ2) is 18.7. The second-order valence-corrected chi connectivity index (χ2v) is 7.02. The van der Waals surface area contributed by atoms with Gasteiger partial charge in [-0.1, -0.05) is 72.1 Å². The Balaban J connectivity index is 0.00000183. The number of pyridine rings is 2. The van der Waals surface area contributed by atoms with Gasteiger partial charge in [0.05, 0.1) is 0 Å². The molecule has 2 heterocycles. The zero-order valence-corrected chi connectivity index (χ0v) is 26.5. The molecule has 4 aromatic rings. The number of hydrogen-bond donors (Lipinski definition) is 1. The average molecular weight is 685 g/mol. The Bertz CT molecular complexity index is 1290. The maximum atomic E-state index is 12.9. The van der Waals surface area contributed by atoms with Crippen LogP contribution >= 0.6 is 0 Å². The van der Waals surface area contributed by atoms with E-state index in [1.165, 1.54) is 16.8 Å². The Labute approximate surface area is 241 Å². The van der Waals surface area contributed by atoms with Crippen LogP contribution in [0.3, 0.4) is 0 Å². The smallest absolute Gasteiger partial charge is 0.267 e. The minimum absolute atomic E-state index is 0. The number of nitrogens with one attached hydrogen (secondary N) is 1. The van der Waals surface area contributed by atoms with E-state index in [9.17, 15) is 9.59 Å². The van der Waals surface area contributed by atoms with Gasteiger partial charge in [0.1, 0.15) is 11.3 Å². The quantitative estimate of drug-likeness (QED) is 0.218. The first-order chi connectivity index (χ1) is 18.0. The molecule has 0 radical (unpaired) electrons. The van der Waals surface area contributed by atoms with Gasteiger partial charge in [0.25, 0.3) is 11.5 Å². The molecule has 0 spiro atoms. The van der Waals surface area contributed by atoms with Crippen molar-refractivity contribution in [3.8, 4) is 17.2 Å². The number of para-hydroxylation sites is 1. The molecular formula is C31H38N3O3W-. The number of benzene rings is 2. The molecule has 0 aliphatic rings. The standard InChI is InChI=1S/C25H20N3O3.3C2H6.W/c1-17-16-23(31-20-10-12-26-13-11-20)18(2)15-22(17)27-24(29)21-9-6-14-28(25(21)30)19-7-4-3-5-8-19;3*1-2;/h3-10,12-16H,1-2H3,(H,27,29);3*1-2H3;/q-1;;;;. The normalized spacial score (nSPS) is 9.05. The monoisotopic (exact) mass is 684 g/mol. The van der Waals surface area contributed by atoms with Crippen molar-refractivity contribution in [1.29, 1.82) is 0 Å². The van der Waals surface area contributed by atoms with Crippen molar-refractivity contribution < 1.29 is 30.6 Å². The molecule has 4 rings (SSSR count). The molecule has 1 N–H and O–H groups in total. The average Bonchev–Trinajstić information content (AvgIpc) is 2.96. The Morgan fingerprint density at radius 1 is 0.895 bits per heavy atom. The molecule has 2 aromatic carbocycles. The number of amides is 1. The molecule has 38 heavy (non-hydrogen) atoms. The second-order valence-electron chi connectivity index (χ2n) is 7.02. The van der Waals surface area contributed by atoms with E-state index in [1.54, 1.807) is 24.5 Å². The summed E-state index contributed by atoms with van der Waals surface area (Å²) in [4.78, 5) is 29.7. The van der Waals surface area contributed by atoms with Crippen molar-refractivity contribution in [3.05, 3.63) is 112 Å². The number of anilines is 1. The number of nitrogens with zero attached hydrogens (tertiary/aromatic N) is 2. The number of aryl methyl sites for hydroxylation is 2. The number of hydrogen-bond acceptors (Lipinski definition) is 4. The van der Waals surface area contributed by atoms with Crippen molar-refractivity contribution in [3.63, 3.8) is 0 Å². The van der Waals surface area contributed by atoms with E-state index in [2.05, 4.69) is 16.4 Å². The van der Waals surface area contributed by atoms with Crippen LogP contribution in [0.25, 0.3) is 5.69 Å². The summed E-state index contributed by atoms with van der Waals surface area (Å²) in [5.41, 5.74) is 2.64. The molecule has 0 unspecified atom stereocenters. The van der Waals surface area contributed by atoms with Crippen molar-refractivity contribution >= 4 is 11.6 Å². The van der Waals surface area contributed by atoms with Crippen LogP contribution in [0, 0.1) is 19.9 Å². The minimum Gasteiger partial charge on any atom is -0.495 e. The molecule has 0 aliphatic carbocycles. The summed E-state index contributed by atoms with van der Waals surface area (Å²) >= 11 is 0. The van der Waals surface area contributed by atoms with Gasteiger partial charge in [0.2, 0.25) is 0 Å². The van der Waals surface area contributed by atoms with E-state index in [1.807, 2.05) is 97.9 Å². The molecule has 0 saturated carbocycles. The Kier molecular flexibility index (Phi) is 17.0. The van der Waals surface area contributed by atoms with Crippen molar-refractivity contribution in [2.75, 3.05) is 5.32 Å². The van der Waals surface area contributed by atoms with Crippen LogP contribution in [0.15, 0.2) is 84.0 Å². The molecule has 0 aliphatic heterocycles. The number of carbonyl (C=O) groups excluding carboxylic acids is 1. The van der Waals surface area contributed by atoms with Gasteiger partial charge in [-0.25, -0.2) is 0 Å². The Morgan fingerprint density at radius 2 is 1.55 bits per heavy atom. The van der Waals surface area contributed by atoms with Crippen molar-refractivity contribution in [2.45, 2.75) is 55.4 Å². The molecule has 202 valence electrons. The third kappa shape index (κ3) is 9.42. The predicted molar refractivity (Wildman–Crippen MR) is 153 cm³/mol. The van der Waals surface area contributed by atoms with Gasteiger partial charge in [0, 0.05) is 38.6 Å². The van der Waals surface area contributed by atoms with Gasteiger partial charge in [-0.05, 0) is 67.1 Å². The van der Waals surface area contributed by atoms with E-state index in [4.69, 9.17) is 4.74 Å². The van der Waals surface area contributed by atoms with Crippen molar-refractivity contribution in [1.82, 2.24) is 9.55 Å². The first-order valence-electron chi connectivity index (χ1n) is 12.7. The summed E-state index contributed by atoms with van der Waals surface area (Å²) in [6.45, 7) is 15.8. The molecule has 0 atom stereocenters. The fourth-order valence-corrected chi connectivity index (χ4v) is 3.17. The van der Waals surface area contributed by atoms with Gasteiger partial charge < -0.3 is 15.0 Å². The number of rotatable bonds is 5. The number of aromatic nitrogens is 2. The minimum atomic E-state index is -0.464. The Hall–Kier alpha value is -3.50. The molecule has 0 fully saturated rings. The van der Waals surface area contributed by atoms with Gasteiger partial charge in [0.15, 0.2) is 0 Å². The molecule has 0 bridgehead atoms. The summed E-state index contributed by atoms with van der Waals surface area (Å²) in [6.07, 6.45) is 4.81. The van der Waals surface area contributed by atoms with E-state index < -0.39 is 5.91 Å². The van der Waals surface area contributed by atoms with E-state index in [-0.39, 0.29) is 32.2 Å². The predicted octanol–water partition coefficient (Wildman–Crippen LogP) is 7.77. The van der Waals surface area contributed by atoms with E-state index >= 15 is 0 Å². The SMILES string of the molecule is CC.CC.CC.Cc1cc(Oc2[c-]cncc2)c(C)cc1NC(=O)c1cccn(-c2ccccc2)c1=O.[W]. The maximum Gasteiger partial charge on any atom is 0.267 e. The zero-order valence-electron chi connectivity index (χ0n) is 23.5. The molecule has 0 saturated heterocycles. The third-order valence-corrected chi connectivity index (χ3v) is 4.81.